The lowest BCUT2D eigenvalue weighted by Gasteiger charge is -2.36. The highest BCUT2D eigenvalue weighted by atomic mass is 16.5. The highest BCUT2D eigenvalue weighted by molar-refractivity contribution is 5.68. The van der Waals surface area contributed by atoms with Gasteiger partial charge < -0.3 is 20.5 Å². The summed E-state index contributed by atoms with van der Waals surface area (Å²) < 4.78 is 10.9. The van der Waals surface area contributed by atoms with Gasteiger partial charge in [-0.2, -0.15) is 0 Å². The fourth-order valence-electron chi connectivity index (χ4n) is 2.37. The van der Waals surface area contributed by atoms with Gasteiger partial charge in [0.2, 0.25) is 0 Å². The van der Waals surface area contributed by atoms with Crippen molar-refractivity contribution in [2.24, 2.45) is 0 Å². The van der Waals surface area contributed by atoms with E-state index in [1.165, 1.54) is 0 Å². The van der Waals surface area contributed by atoms with Gasteiger partial charge >= 0.3 is 0 Å². The van der Waals surface area contributed by atoms with Gasteiger partial charge in [-0.1, -0.05) is 0 Å². The van der Waals surface area contributed by atoms with E-state index < -0.39 is 0 Å². The van der Waals surface area contributed by atoms with Crippen LogP contribution in [0.1, 0.15) is 26.7 Å². The highest BCUT2D eigenvalue weighted by Gasteiger charge is 2.28. The van der Waals surface area contributed by atoms with E-state index in [1.54, 1.807) is 7.11 Å². The molecular weight excluding hydrogens is 228 g/mol. The zero-order valence-electron chi connectivity index (χ0n) is 11.3. The number of ether oxygens (including phenoxy) is 2. The van der Waals surface area contributed by atoms with Crippen molar-refractivity contribution in [3.8, 4) is 5.75 Å². The Morgan fingerprint density at radius 3 is 2.83 bits per heavy atom. The smallest absolute Gasteiger partial charge is 0.121 e. The Morgan fingerprint density at radius 1 is 1.44 bits per heavy atom. The monoisotopic (exact) mass is 250 g/mol. The third-order valence-electron chi connectivity index (χ3n) is 3.32. The lowest BCUT2D eigenvalue weighted by Crippen LogP contribution is -2.40. The Hall–Kier alpha value is -1.42. The van der Waals surface area contributed by atoms with Crippen molar-refractivity contribution in [1.29, 1.82) is 0 Å². The second kappa shape index (κ2) is 5.06. The van der Waals surface area contributed by atoms with Crippen LogP contribution in [0.5, 0.6) is 5.75 Å². The third-order valence-corrected chi connectivity index (χ3v) is 3.32. The van der Waals surface area contributed by atoms with Crippen molar-refractivity contribution in [2.45, 2.75) is 38.3 Å². The Morgan fingerprint density at radius 2 is 2.22 bits per heavy atom. The molecule has 0 amide bonds. The summed E-state index contributed by atoms with van der Waals surface area (Å²) in [5.74, 6) is 0.783. The number of rotatable bonds is 3. The molecule has 2 rings (SSSR count). The van der Waals surface area contributed by atoms with Gasteiger partial charge in [0.05, 0.1) is 24.1 Å². The van der Waals surface area contributed by atoms with Crippen LogP contribution in [0.25, 0.3) is 0 Å². The molecule has 4 heteroatoms. The highest BCUT2D eigenvalue weighted by Crippen LogP contribution is 2.29. The van der Waals surface area contributed by atoms with Crippen LogP contribution in [-0.4, -0.2) is 25.4 Å². The third kappa shape index (κ3) is 3.07. The van der Waals surface area contributed by atoms with Gasteiger partial charge in [0.15, 0.2) is 0 Å². The van der Waals surface area contributed by atoms with E-state index in [9.17, 15) is 0 Å². The van der Waals surface area contributed by atoms with Gasteiger partial charge in [0, 0.05) is 18.7 Å². The molecule has 1 unspecified atom stereocenters. The van der Waals surface area contributed by atoms with Crippen LogP contribution in [0.2, 0.25) is 0 Å². The zero-order valence-corrected chi connectivity index (χ0v) is 11.3. The molecule has 1 aliphatic rings. The summed E-state index contributed by atoms with van der Waals surface area (Å²) in [5, 5.41) is 3.50. The fourth-order valence-corrected chi connectivity index (χ4v) is 2.37. The van der Waals surface area contributed by atoms with Crippen molar-refractivity contribution in [3.05, 3.63) is 18.2 Å². The first-order chi connectivity index (χ1) is 8.50. The number of nitrogens with two attached hydrogens (primary N) is 1. The number of methoxy groups -OCH3 is 1. The van der Waals surface area contributed by atoms with E-state index >= 15 is 0 Å². The van der Waals surface area contributed by atoms with Gasteiger partial charge in [-0.3, -0.25) is 0 Å². The van der Waals surface area contributed by atoms with Crippen LogP contribution < -0.4 is 15.8 Å². The molecule has 1 aliphatic heterocycles. The lowest BCUT2D eigenvalue weighted by molar-refractivity contribution is -0.0553. The van der Waals surface area contributed by atoms with Gasteiger partial charge in [-0.25, -0.2) is 0 Å². The summed E-state index contributed by atoms with van der Waals surface area (Å²) in [6.45, 7) is 5.04. The Bertz CT molecular complexity index is 418. The Labute approximate surface area is 108 Å². The van der Waals surface area contributed by atoms with E-state index in [0.717, 1.165) is 36.6 Å². The predicted molar refractivity (Wildman–Crippen MR) is 74.1 cm³/mol. The second-order valence-corrected chi connectivity index (χ2v) is 5.40. The molecule has 1 fully saturated rings. The molecule has 4 nitrogen and oxygen atoms in total. The van der Waals surface area contributed by atoms with Gasteiger partial charge in [-0.15, -0.1) is 0 Å². The van der Waals surface area contributed by atoms with Crippen LogP contribution in [-0.2, 0) is 4.74 Å². The Kier molecular flexibility index (Phi) is 3.66. The van der Waals surface area contributed by atoms with Crippen molar-refractivity contribution in [2.75, 3.05) is 24.8 Å². The SMILES string of the molecule is COc1ccc(NC2CCOC(C)(C)C2)c(N)c1. The molecule has 1 atom stereocenters. The normalized spacial score (nSPS) is 22.5. The van der Waals surface area contributed by atoms with Crippen LogP contribution in [0, 0.1) is 0 Å². The molecule has 1 heterocycles. The maximum atomic E-state index is 6.01. The number of hydrogen-bond acceptors (Lipinski definition) is 4. The number of anilines is 2. The first-order valence-corrected chi connectivity index (χ1v) is 6.34. The van der Waals surface area contributed by atoms with Crippen LogP contribution in [0.3, 0.4) is 0 Å². The van der Waals surface area contributed by atoms with E-state index in [4.69, 9.17) is 15.2 Å². The van der Waals surface area contributed by atoms with Gasteiger partial charge in [0.25, 0.3) is 0 Å². The van der Waals surface area contributed by atoms with Crippen molar-refractivity contribution < 1.29 is 9.47 Å². The van der Waals surface area contributed by atoms with Crippen molar-refractivity contribution in [3.63, 3.8) is 0 Å². The summed E-state index contributed by atoms with van der Waals surface area (Å²) in [5.41, 5.74) is 7.64. The van der Waals surface area contributed by atoms with E-state index in [2.05, 4.69) is 19.2 Å². The number of hydrogen-bond donors (Lipinski definition) is 2. The van der Waals surface area contributed by atoms with Gasteiger partial charge in [0.1, 0.15) is 5.75 Å². The Balaban J connectivity index is 2.05. The lowest BCUT2D eigenvalue weighted by atomic mass is 9.93. The largest absolute Gasteiger partial charge is 0.497 e. The summed E-state index contributed by atoms with van der Waals surface area (Å²) in [7, 11) is 1.64. The van der Waals surface area contributed by atoms with Crippen molar-refractivity contribution >= 4 is 11.4 Å². The van der Waals surface area contributed by atoms with Crippen LogP contribution in [0.4, 0.5) is 11.4 Å². The molecule has 3 N–H and O–H groups in total. The standard InChI is InChI=1S/C14H22N2O2/c1-14(2)9-10(6-7-18-14)16-13-5-4-11(17-3)8-12(13)15/h4-5,8,10,16H,6-7,9,15H2,1-3H3. The maximum Gasteiger partial charge on any atom is 0.121 e. The molecular formula is C14H22N2O2. The molecule has 1 aromatic carbocycles. The zero-order chi connectivity index (χ0) is 13.2. The first kappa shape index (κ1) is 13.0. The second-order valence-electron chi connectivity index (χ2n) is 5.40. The molecule has 0 saturated carbocycles. The van der Waals surface area contributed by atoms with Gasteiger partial charge in [-0.05, 0) is 38.8 Å². The van der Waals surface area contributed by atoms with Crippen LogP contribution >= 0.6 is 0 Å². The molecule has 1 aromatic rings. The van der Waals surface area contributed by atoms with E-state index in [0.29, 0.717) is 6.04 Å². The molecule has 1 saturated heterocycles. The number of nitrogen functional groups attached to an aromatic ring is 1. The summed E-state index contributed by atoms with van der Waals surface area (Å²) >= 11 is 0. The molecule has 0 bridgehead atoms. The molecule has 0 radical (unpaired) electrons. The summed E-state index contributed by atoms with van der Waals surface area (Å²) in [6, 6.07) is 6.14. The maximum absolute atomic E-state index is 6.01. The quantitative estimate of drug-likeness (QED) is 0.810. The number of benzene rings is 1. The molecule has 0 aromatic heterocycles. The van der Waals surface area contributed by atoms with E-state index in [-0.39, 0.29) is 5.60 Å². The van der Waals surface area contributed by atoms with Crippen molar-refractivity contribution in [1.82, 2.24) is 0 Å². The molecule has 18 heavy (non-hydrogen) atoms. The first-order valence-electron chi connectivity index (χ1n) is 6.34. The topological polar surface area (TPSA) is 56.5 Å². The minimum Gasteiger partial charge on any atom is -0.497 e. The molecule has 100 valence electrons. The fraction of sp³-hybridized carbons (Fsp3) is 0.571. The summed E-state index contributed by atoms with van der Waals surface area (Å²) in [4.78, 5) is 0. The molecule has 0 spiro atoms. The number of nitrogens with one attached hydrogen (secondary N) is 1. The minimum absolute atomic E-state index is 0.0584. The minimum atomic E-state index is -0.0584. The molecule has 0 aliphatic carbocycles. The average molecular weight is 250 g/mol. The van der Waals surface area contributed by atoms with Crippen LogP contribution in [0.15, 0.2) is 18.2 Å². The van der Waals surface area contributed by atoms with E-state index in [1.807, 2.05) is 18.2 Å². The summed E-state index contributed by atoms with van der Waals surface area (Å²) in [6.07, 6.45) is 1.99. The average Bonchev–Trinajstić information content (AvgIpc) is 2.30. The predicted octanol–water partition coefficient (Wildman–Crippen LogP) is 2.65.